The maximum atomic E-state index is 13.3. The van der Waals surface area contributed by atoms with Crippen LogP contribution in [0.2, 0.25) is 0 Å². The van der Waals surface area contributed by atoms with E-state index in [0.29, 0.717) is 19.3 Å². The number of amides is 1. The van der Waals surface area contributed by atoms with Crippen molar-refractivity contribution in [2.45, 2.75) is 309 Å². The Balaban J connectivity index is 4.66. The zero-order chi connectivity index (χ0) is 48.8. The van der Waals surface area contributed by atoms with Crippen LogP contribution in [0.5, 0.6) is 0 Å². The lowest BCUT2D eigenvalue weighted by Gasteiger charge is -2.24. The average Bonchev–Trinajstić information content (AvgIpc) is 3.32. The third-order valence-corrected chi connectivity index (χ3v) is 13.1. The Hall–Kier alpha value is -2.44. The van der Waals surface area contributed by atoms with E-state index < -0.39 is 18.2 Å². The number of esters is 1. The highest BCUT2D eigenvalue weighted by Crippen LogP contribution is 2.17. The number of hydrogen-bond donors (Lipinski definition) is 3. The third kappa shape index (κ3) is 49.8. The molecule has 0 aliphatic carbocycles. The summed E-state index contributed by atoms with van der Waals surface area (Å²) in [5, 5.41) is 23.9. The van der Waals surface area contributed by atoms with Crippen LogP contribution in [0.4, 0.5) is 0 Å². The number of aliphatic hydroxyl groups is 2. The number of unbranched alkanes of at least 4 members (excludes halogenated alkanes) is 30. The molecule has 0 fully saturated rings. The van der Waals surface area contributed by atoms with Crippen molar-refractivity contribution in [1.29, 1.82) is 0 Å². The molecular weight excluding hydrogens is 827 g/mol. The van der Waals surface area contributed by atoms with E-state index in [2.05, 4.69) is 86.8 Å². The van der Waals surface area contributed by atoms with E-state index in [-0.39, 0.29) is 24.9 Å². The molecular formula is C61H111NO5. The fraction of sp³-hybridized carbons (Fsp3) is 0.803. The fourth-order valence-electron chi connectivity index (χ4n) is 8.65. The molecule has 0 aromatic rings. The minimum atomic E-state index is -0.805. The number of ether oxygens (including phenoxy) is 1. The Kier molecular flexibility index (Phi) is 52.5. The Morgan fingerprint density at radius 2 is 0.776 bits per heavy atom. The average molecular weight is 939 g/mol. The molecule has 0 heterocycles. The summed E-state index contributed by atoms with van der Waals surface area (Å²) < 4.78 is 5.93. The molecule has 0 spiro atoms. The molecule has 1 amide bonds. The predicted molar refractivity (Wildman–Crippen MR) is 292 cm³/mol. The van der Waals surface area contributed by atoms with E-state index in [1.165, 1.54) is 167 Å². The number of carbonyl (C=O) groups is 2. The standard InChI is InChI=1S/C61H111NO5/c1-4-7-10-13-16-19-22-25-28-30-32-34-37-40-43-46-49-52-57(67-61(66)54-51-48-45-42-39-36-33-29-26-23-20-17-14-11-8-5-2)55-60(65)62-58(56-63)59(64)53-50-47-44-41-38-35-31-27-24-21-18-15-12-9-6-3/h16,19,25,28-29,32-34,40,43,57-59,63-64H,4-15,17-18,20-24,26-27,30-31,35-39,41-42,44-56H2,1-3H3,(H,62,65)/b19-16-,28-25-,33-29+,34-32-,43-40-. The third-order valence-electron chi connectivity index (χ3n) is 13.1. The molecule has 0 aliphatic heterocycles. The highest BCUT2D eigenvalue weighted by Gasteiger charge is 2.24. The first-order valence-electron chi connectivity index (χ1n) is 29.0. The van der Waals surface area contributed by atoms with Gasteiger partial charge in [0.2, 0.25) is 5.91 Å². The monoisotopic (exact) mass is 938 g/mol. The normalized spacial score (nSPS) is 13.6. The van der Waals surface area contributed by atoms with Gasteiger partial charge in [-0.2, -0.15) is 0 Å². The van der Waals surface area contributed by atoms with Crippen molar-refractivity contribution < 1.29 is 24.5 Å². The van der Waals surface area contributed by atoms with Crippen LogP contribution >= 0.6 is 0 Å². The number of rotatable bonds is 52. The molecule has 3 N–H and O–H groups in total. The van der Waals surface area contributed by atoms with Crippen LogP contribution in [-0.2, 0) is 14.3 Å². The van der Waals surface area contributed by atoms with Crippen molar-refractivity contribution in [2.24, 2.45) is 0 Å². The van der Waals surface area contributed by atoms with Gasteiger partial charge >= 0.3 is 5.97 Å². The molecule has 0 saturated carbocycles. The van der Waals surface area contributed by atoms with Gasteiger partial charge in [-0.15, -0.1) is 0 Å². The number of nitrogens with one attached hydrogen (secondary N) is 1. The summed E-state index contributed by atoms with van der Waals surface area (Å²) in [7, 11) is 0. The maximum Gasteiger partial charge on any atom is 0.306 e. The first-order chi connectivity index (χ1) is 33.0. The molecule has 0 rings (SSSR count). The molecule has 6 heteroatoms. The molecule has 0 saturated heterocycles. The second-order valence-corrected chi connectivity index (χ2v) is 19.7. The first-order valence-corrected chi connectivity index (χ1v) is 29.0. The van der Waals surface area contributed by atoms with Gasteiger partial charge in [0.1, 0.15) is 6.10 Å². The van der Waals surface area contributed by atoms with Gasteiger partial charge in [-0.25, -0.2) is 0 Å². The molecule has 3 atom stereocenters. The van der Waals surface area contributed by atoms with E-state index in [1.807, 2.05) is 0 Å². The lowest BCUT2D eigenvalue weighted by atomic mass is 10.0. The number of allylic oxidation sites excluding steroid dienone is 10. The highest BCUT2D eigenvalue weighted by atomic mass is 16.5. The van der Waals surface area contributed by atoms with Crippen LogP contribution in [0.1, 0.15) is 290 Å². The van der Waals surface area contributed by atoms with E-state index in [1.54, 1.807) is 0 Å². The van der Waals surface area contributed by atoms with Crippen LogP contribution in [0.15, 0.2) is 60.8 Å². The summed E-state index contributed by atoms with van der Waals surface area (Å²) in [6, 6.07) is -0.722. The fourth-order valence-corrected chi connectivity index (χ4v) is 8.65. The van der Waals surface area contributed by atoms with Crippen LogP contribution < -0.4 is 5.32 Å². The quantitative estimate of drug-likeness (QED) is 0.0321. The Bertz CT molecular complexity index is 1190. The van der Waals surface area contributed by atoms with E-state index in [0.717, 1.165) is 77.0 Å². The molecule has 3 unspecified atom stereocenters. The van der Waals surface area contributed by atoms with E-state index in [9.17, 15) is 19.8 Å². The van der Waals surface area contributed by atoms with Crippen molar-refractivity contribution in [3.63, 3.8) is 0 Å². The zero-order valence-corrected chi connectivity index (χ0v) is 44.5. The number of aliphatic hydroxyl groups excluding tert-OH is 2. The molecule has 0 aliphatic rings. The van der Waals surface area contributed by atoms with Crippen LogP contribution in [0.25, 0.3) is 0 Å². The van der Waals surface area contributed by atoms with Gasteiger partial charge in [0.25, 0.3) is 0 Å². The molecule has 0 aromatic carbocycles. The molecule has 390 valence electrons. The smallest absolute Gasteiger partial charge is 0.306 e. The SMILES string of the molecule is CCCCC/C=C\C/C=C\C/C=C\C/C=C\CCCC(CC(=O)NC(CO)C(O)CCCCCCCCCCCCCCCCC)OC(=O)CCCCCCC/C=C/CCCCCCCCC. The molecule has 0 aromatic heterocycles. The molecule has 0 bridgehead atoms. The van der Waals surface area contributed by atoms with Gasteiger partial charge in [-0.1, -0.05) is 248 Å². The van der Waals surface area contributed by atoms with E-state index in [4.69, 9.17) is 4.74 Å². The first kappa shape index (κ1) is 64.6. The van der Waals surface area contributed by atoms with Crippen LogP contribution in [0.3, 0.4) is 0 Å². The largest absolute Gasteiger partial charge is 0.462 e. The second kappa shape index (κ2) is 54.5. The number of hydrogen-bond acceptors (Lipinski definition) is 5. The summed E-state index contributed by atoms with van der Waals surface area (Å²) in [6.07, 6.45) is 68.6. The topological polar surface area (TPSA) is 95.9 Å². The Labute approximate surface area is 416 Å². The van der Waals surface area contributed by atoms with E-state index >= 15 is 0 Å². The lowest BCUT2D eigenvalue weighted by Crippen LogP contribution is -2.46. The Morgan fingerprint density at radius 1 is 0.433 bits per heavy atom. The maximum absolute atomic E-state index is 13.3. The van der Waals surface area contributed by atoms with Crippen molar-refractivity contribution in [3.8, 4) is 0 Å². The Morgan fingerprint density at radius 3 is 1.22 bits per heavy atom. The van der Waals surface area contributed by atoms with Crippen LogP contribution in [-0.4, -0.2) is 46.9 Å². The van der Waals surface area contributed by atoms with Crippen molar-refractivity contribution >= 4 is 11.9 Å². The summed E-state index contributed by atoms with van der Waals surface area (Å²) >= 11 is 0. The van der Waals surface area contributed by atoms with Gasteiger partial charge < -0.3 is 20.3 Å². The van der Waals surface area contributed by atoms with Gasteiger partial charge in [0.05, 0.1) is 25.2 Å². The lowest BCUT2D eigenvalue weighted by molar-refractivity contribution is -0.151. The summed E-state index contributed by atoms with van der Waals surface area (Å²) in [6.45, 7) is 6.46. The van der Waals surface area contributed by atoms with Crippen molar-refractivity contribution in [2.75, 3.05) is 6.61 Å². The van der Waals surface area contributed by atoms with Crippen LogP contribution in [0, 0.1) is 0 Å². The molecule has 0 radical (unpaired) electrons. The van der Waals surface area contributed by atoms with Gasteiger partial charge in [-0.05, 0) is 89.9 Å². The summed E-state index contributed by atoms with van der Waals surface area (Å²) in [5.41, 5.74) is 0. The van der Waals surface area contributed by atoms with Crippen molar-refractivity contribution in [1.82, 2.24) is 5.32 Å². The minimum Gasteiger partial charge on any atom is -0.462 e. The second-order valence-electron chi connectivity index (χ2n) is 19.7. The summed E-state index contributed by atoms with van der Waals surface area (Å²) in [5.74, 6) is -0.530. The molecule has 67 heavy (non-hydrogen) atoms. The number of carbonyl (C=O) groups excluding carboxylic acids is 2. The minimum absolute atomic E-state index is 0.0367. The zero-order valence-electron chi connectivity index (χ0n) is 44.5. The highest BCUT2D eigenvalue weighted by molar-refractivity contribution is 5.77. The predicted octanol–water partition coefficient (Wildman–Crippen LogP) is 18.0. The van der Waals surface area contributed by atoms with Crippen molar-refractivity contribution in [3.05, 3.63) is 60.8 Å². The summed E-state index contributed by atoms with van der Waals surface area (Å²) in [4.78, 5) is 26.3. The molecule has 6 nitrogen and oxygen atoms in total. The van der Waals surface area contributed by atoms with Gasteiger partial charge in [0, 0.05) is 6.42 Å². The van der Waals surface area contributed by atoms with Gasteiger partial charge in [-0.3, -0.25) is 9.59 Å². The van der Waals surface area contributed by atoms with Gasteiger partial charge in [0.15, 0.2) is 0 Å².